The number of nitrogens with zero attached hydrogens (tertiary/aromatic N) is 3. The van der Waals surface area contributed by atoms with Gasteiger partial charge in [0.05, 0.1) is 28.4 Å². The summed E-state index contributed by atoms with van der Waals surface area (Å²) in [5.41, 5.74) is 10.8. The predicted molar refractivity (Wildman–Crippen MR) is 212 cm³/mol. The Bertz CT molecular complexity index is 3170. The van der Waals surface area contributed by atoms with Crippen LogP contribution in [0.25, 0.3) is 104 Å². The lowest BCUT2D eigenvalue weighted by Crippen LogP contribution is -1.94. The van der Waals surface area contributed by atoms with Gasteiger partial charge in [0, 0.05) is 28.2 Å². The van der Waals surface area contributed by atoms with Crippen LogP contribution in [0, 0.1) is 11.3 Å². The molecule has 0 saturated heterocycles. The van der Waals surface area contributed by atoms with Crippen LogP contribution in [0.4, 0.5) is 0 Å². The maximum atomic E-state index is 9.87. The van der Waals surface area contributed by atoms with Gasteiger partial charge >= 0.3 is 0 Å². The highest BCUT2D eigenvalue weighted by molar-refractivity contribution is 6.28. The van der Waals surface area contributed by atoms with Gasteiger partial charge in [0.2, 0.25) is 0 Å². The van der Waals surface area contributed by atoms with Crippen LogP contribution in [0.15, 0.2) is 164 Å². The summed E-state index contributed by atoms with van der Waals surface area (Å²) in [4.78, 5) is 4.68. The number of para-hydroxylation sites is 1. The highest BCUT2D eigenvalue weighted by atomic mass is 15.0. The first-order valence-electron chi connectivity index (χ1n) is 17.3. The molecule has 0 saturated carbocycles. The van der Waals surface area contributed by atoms with Crippen molar-refractivity contribution in [3.63, 3.8) is 0 Å². The van der Waals surface area contributed by atoms with Crippen molar-refractivity contribution in [3.05, 3.63) is 169 Å². The van der Waals surface area contributed by atoms with Crippen LogP contribution in [0.5, 0.6) is 0 Å². The third-order valence-corrected chi connectivity index (χ3v) is 10.7. The van der Waals surface area contributed by atoms with E-state index in [0.29, 0.717) is 5.56 Å². The number of hydrogen-bond donors (Lipinski definition) is 0. The standard InChI is InChI=1S/C48H27N3/c49-28-29-24-34-13-14-35-26-36(27-44-48(35)47(34)43(25-29)51(44)37-6-2-1-3-7-37)30-9-11-31(12-10-30)38-19-15-32-18-22-41-39(42-8-4-5-23-50-42)20-16-33-17-21-40(38)45(32)46(33)41/h1-27H. The molecule has 0 spiro atoms. The van der Waals surface area contributed by atoms with Gasteiger partial charge in [-0.05, 0) is 114 Å². The first kappa shape index (κ1) is 27.9. The molecule has 51 heavy (non-hydrogen) atoms. The largest absolute Gasteiger partial charge is 0.309 e. The molecule has 0 unspecified atom stereocenters. The van der Waals surface area contributed by atoms with E-state index in [1.54, 1.807) is 0 Å². The normalized spacial score (nSPS) is 11.9. The van der Waals surface area contributed by atoms with Crippen LogP contribution < -0.4 is 0 Å². The molecule has 0 aliphatic heterocycles. The number of nitriles is 1. The third-order valence-electron chi connectivity index (χ3n) is 10.7. The second-order valence-electron chi connectivity index (χ2n) is 13.5. The molecule has 0 fully saturated rings. The first-order chi connectivity index (χ1) is 25.2. The molecule has 0 aliphatic rings. The van der Waals surface area contributed by atoms with E-state index < -0.39 is 0 Å². The summed E-state index contributed by atoms with van der Waals surface area (Å²) >= 11 is 0. The highest BCUT2D eigenvalue weighted by Gasteiger charge is 2.20. The average molecular weight is 646 g/mol. The van der Waals surface area contributed by atoms with E-state index in [2.05, 4.69) is 149 Å². The molecule has 11 rings (SSSR count). The lowest BCUT2D eigenvalue weighted by atomic mass is 9.87. The molecule has 0 atom stereocenters. The summed E-state index contributed by atoms with van der Waals surface area (Å²) in [6.07, 6.45) is 1.86. The van der Waals surface area contributed by atoms with Crippen molar-refractivity contribution in [3.8, 4) is 45.3 Å². The summed E-state index contributed by atoms with van der Waals surface area (Å²) in [5.74, 6) is 0. The van der Waals surface area contributed by atoms with Gasteiger partial charge in [0.1, 0.15) is 0 Å². The van der Waals surface area contributed by atoms with Gasteiger partial charge in [-0.15, -0.1) is 0 Å². The van der Waals surface area contributed by atoms with E-state index in [0.717, 1.165) is 44.5 Å². The molecule has 0 aliphatic carbocycles. The topological polar surface area (TPSA) is 41.6 Å². The Labute approximate surface area is 293 Å². The van der Waals surface area contributed by atoms with Crippen molar-refractivity contribution in [1.29, 1.82) is 5.26 Å². The fourth-order valence-electron chi connectivity index (χ4n) is 8.49. The summed E-state index contributed by atoms with van der Waals surface area (Å²) in [7, 11) is 0. The smallest absolute Gasteiger partial charge is 0.0992 e. The van der Waals surface area contributed by atoms with Crippen LogP contribution in [0.1, 0.15) is 5.56 Å². The fourth-order valence-corrected chi connectivity index (χ4v) is 8.49. The van der Waals surface area contributed by atoms with Crippen LogP contribution >= 0.6 is 0 Å². The Morgan fingerprint density at radius 3 is 1.76 bits per heavy atom. The number of aromatic nitrogens is 2. The van der Waals surface area contributed by atoms with Gasteiger partial charge < -0.3 is 4.57 Å². The van der Waals surface area contributed by atoms with E-state index in [-0.39, 0.29) is 0 Å². The molecule has 3 heteroatoms. The molecule has 11 aromatic rings. The maximum Gasteiger partial charge on any atom is 0.0992 e. The Morgan fingerprint density at radius 2 is 1.06 bits per heavy atom. The lowest BCUT2D eigenvalue weighted by molar-refractivity contribution is 1.18. The molecule has 0 radical (unpaired) electrons. The van der Waals surface area contributed by atoms with Crippen LogP contribution in [-0.4, -0.2) is 9.55 Å². The van der Waals surface area contributed by atoms with E-state index in [1.165, 1.54) is 59.6 Å². The van der Waals surface area contributed by atoms with E-state index in [1.807, 2.05) is 30.5 Å². The molecule has 9 aromatic carbocycles. The van der Waals surface area contributed by atoms with Gasteiger partial charge in [0.25, 0.3) is 0 Å². The quantitative estimate of drug-likeness (QED) is 0.179. The number of hydrogen-bond acceptors (Lipinski definition) is 2. The van der Waals surface area contributed by atoms with Gasteiger partial charge in [-0.1, -0.05) is 109 Å². The van der Waals surface area contributed by atoms with Crippen molar-refractivity contribution in [2.24, 2.45) is 0 Å². The molecule has 2 heterocycles. The third kappa shape index (κ3) is 4.02. The molecule has 0 N–H and O–H groups in total. The van der Waals surface area contributed by atoms with Crippen molar-refractivity contribution in [2.45, 2.75) is 0 Å². The summed E-state index contributed by atoms with van der Waals surface area (Å²) in [6, 6.07) is 59.0. The zero-order valence-electron chi connectivity index (χ0n) is 27.4. The van der Waals surface area contributed by atoms with Crippen LogP contribution in [0.3, 0.4) is 0 Å². The number of benzene rings is 9. The SMILES string of the molecule is N#Cc1cc2ccc3cc(-c4ccc(-c5ccc6ccc7c(-c8ccccn8)ccc8ccc5c6c87)cc4)cc4c3c2c(c1)n4-c1ccccc1. The minimum Gasteiger partial charge on any atom is -0.309 e. The van der Waals surface area contributed by atoms with Crippen molar-refractivity contribution in [1.82, 2.24) is 9.55 Å². The lowest BCUT2D eigenvalue weighted by Gasteiger charge is -2.16. The minimum absolute atomic E-state index is 0.668. The zero-order valence-corrected chi connectivity index (χ0v) is 27.4. The monoisotopic (exact) mass is 645 g/mol. The van der Waals surface area contributed by atoms with E-state index in [9.17, 15) is 5.26 Å². The maximum absolute atomic E-state index is 9.87. The molecule has 0 amide bonds. The fraction of sp³-hybridized carbons (Fsp3) is 0. The van der Waals surface area contributed by atoms with Crippen molar-refractivity contribution >= 4 is 64.9 Å². The predicted octanol–water partition coefficient (Wildman–Crippen LogP) is 12.5. The number of pyridine rings is 1. The first-order valence-corrected chi connectivity index (χ1v) is 17.3. The van der Waals surface area contributed by atoms with Gasteiger partial charge in [-0.2, -0.15) is 5.26 Å². The second-order valence-corrected chi connectivity index (χ2v) is 13.5. The van der Waals surface area contributed by atoms with E-state index in [4.69, 9.17) is 0 Å². The summed E-state index contributed by atoms with van der Waals surface area (Å²) < 4.78 is 2.31. The van der Waals surface area contributed by atoms with Gasteiger partial charge in [-0.3, -0.25) is 4.98 Å². The molecular weight excluding hydrogens is 619 g/mol. The van der Waals surface area contributed by atoms with Gasteiger partial charge in [0.15, 0.2) is 0 Å². The minimum atomic E-state index is 0.668. The Morgan fingerprint density at radius 1 is 0.451 bits per heavy atom. The van der Waals surface area contributed by atoms with Gasteiger partial charge in [-0.25, -0.2) is 0 Å². The molecule has 3 nitrogen and oxygen atoms in total. The Hall–Kier alpha value is -7.02. The molecular formula is C48H27N3. The second kappa shape index (κ2) is 10.5. The highest BCUT2D eigenvalue weighted by Crippen LogP contribution is 2.44. The molecule has 2 aromatic heterocycles. The molecule has 234 valence electrons. The van der Waals surface area contributed by atoms with Crippen LogP contribution in [0.2, 0.25) is 0 Å². The Balaban J connectivity index is 1.07. The van der Waals surface area contributed by atoms with Crippen molar-refractivity contribution < 1.29 is 0 Å². The van der Waals surface area contributed by atoms with Crippen LogP contribution in [-0.2, 0) is 0 Å². The summed E-state index contributed by atoms with van der Waals surface area (Å²) in [6.45, 7) is 0. The van der Waals surface area contributed by atoms with E-state index >= 15 is 0 Å². The van der Waals surface area contributed by atoms with Crippen molar-refractivity contribution in [2.75, 3.05) is 0 Å². The molecule has 0 bridgehead atoms. The number of rotatable bonds is 4. The summed E-state index contributed by atoms with van der Waals surface area (Å²) in [5, 5.41) is 22.2. The average Bonchev–Trinajstić information content (AvgIpc) is 3.54. The Kier molecular flexibility index (Phi) is 5.73. The zero-order chi connectivity index (χ0) is 33.6.